The van der Waals surface area contributed by atoms with Crippen molar-refractivity contribution in [3.05, 3.63) is 68.8 Å². The van der Waals surface area contributed by atoms with Gasteiger partial charge in [-0.05, 0) is 36.5 Å². The van der Waals surface area contributed by atoms with Crippen LogP contribution in [-0.2, 0) is 9.53 Å². The number of cyclic esters (lactones) is 1. The van der Waals surface area contributed by atoms with Crippen LogP contribution in [0, 0.1) is 5.21 Å². The van der Waals surface area contributed by atoms with Gasteiger partial charge >= 0.3 is 5.97 Å². The molecule has 168 valence electrons. The third-order valence-electron chi connectivity index (χ3n) is 4.35. The minimum atomic E-state index is -1.77. The van der Waals surface area contributed by atoms with Crippen LogP contribution in [-0.4, -0.2) is 39.2 Å². The number of halogens is 2. The Bertz CT molecular complexity index is 1100. The molecule has 1 aliphatic rings. The van der Waals surface area contributed by atoms with E-state index in [1.807, 2.05) is 0 Å². The quantitative estimate of drug-likeness (QED) is 0.131. The molecule has 0 bridgehead atoms. The number of hydroxylamine groups is 2. The number of nitrogens with zero attached hydrogens (tertiary/aromatic N) is 2. The number of rotatable bonds is 6. The Kier molecular flexibility index (Phi) is 7.58. The molecule has 1 heterocycles. The molecule has 2 unspecified atom stereocenters. The summed E-state index contributed by atoms with van der Waals surface area (Å²) >= 11 is 16.7. The third kappa shape index (κ3) is 5.14. The van der Waals surface area contributed by atoms with Gasteiger partial charge in [0.25, 0.3) is 5.91 Å². The highest BCUT2D eigenvalue weighted by Crippen LogP contribution is 2.35. The van der Waals surface area contributed by atoms with E-state index in [9.17, 15) is 20.0 Å². The van der Waals surface area contributed by atoms with Crippen LogP contribution in [0.3, 0.4) is 0 Å². The molecule has 0 aliphatic carbocycles. The molecule has 14 heteroatoms. The molecule has 0 fully saturated rings. The van der Waals surface area contributed by atoms with Crippen LogP contribution >= 0.6 is 35.4 Å². The fourth-order valence-electron chi connectivity index (χ4n) is 2.94. The summed E-state index contributed by atoms with van der Waals surface area (Å²) in [5.41, 5.74) is 4.48. The first-order valence-electron chi connectivity index (χ1n) is 8.78. The number of fused-ring (bicyclic) bond motifs is 1. The fourth-order valence-corrected chi connectivity index (χ4v) is 3.28. The second-order valence-electron chi connectivity index (χ2n) is 6.33. The molecule has 0 saturated carbocycles. The highest BCUT2D eigenvalue weighted by atomic mass is 35.5. The highest BCUT2D eigenvalue weighted by Gasteiger charge is 2.42. The Morgan fingerprint density at radius 1 is 1.28 bits per heavy atom. The molecule has 2 atom stereocenters. The maximum atomic E-state index is 13.0. The van der Waals surface area contributed by atoms with E-state index < -0.39 is 35.0 Å². The lowest BCUT2D eigenvalue weighted by Gasteiger charge is -2.34. The lowest BCUT2D eigenvalue weighted by atomic mass is 9.96. The zero-order valence-electron chi connectivity index (χ0n) is 15.9. The second-order valence-corrected chi connectivity index (χ2v) is 7.55. The van der Waals surface area contributed by atoms with E-state index in [1.165, 1.54) is 30.3 Å². The van der Waals surface area contributed by atoms with Crippen LogP contribution in [0.1, 0.15) is 22.0 Å². The SMILES string of the molecule is NNC(=S)N/N=C(/C(=O)Nc1ccc(Cl)c(Cl)c1)C(C1OC(=O)c2ccccc21)N([O-])O. The number of thiocarbonyl (C=S) groups is 1. The lowest BCUT2D eigenvalue weighted by Crippen LogP contribution is -2.48. The van der Waals surface area contributed by atoms with Gasteiger partial charge in [0.1, 0.15) is 11.8 Å². The van der Waals surface area contributed by atoms with Gasteiger partial charge in [0.05, 0.1) is 15.6 Å². The predicted molar refractivity (Wildman–Crippen MR) is 121 cm³/mol. The van der Waals surface area contributed by atoms with Gasteiger partial charge in [0.2, 0.25) is 5.11 Å². The number of hydrogen-bond donors (Lipinski definition) is 5. The number of ether oxygens (including phenoxy) is 1. The number of anilines is 1. The Balaban J connectivity index is 2.00. The van der Waals surface area contributed by atoms with Crippen LogP contribution in [0.4, 0.5) is 5.69 Å². The number of nitrogens with two attached hydrogens (primary N) is 1. The Hall–Kier alpha value is -2.84. The van der Waals surface area contributed by atoms with E-state index in [2.05, 4.69) is 21.3 Å². The second kappa shape index (κ2) is 10.2. The number of esters is 1. The van der Waals surface area contributed by atoms with Crippen LogP contribution in [0.2, 0.25) is 10.0 Å². The van der Waals surface area contributed by atoms with Gasteiger partial charge in [-0.3, -0.25) is 20.9 Å². The van der Waals surface area contributed by atoms with Crippen molar-refractivity contribution in [2.24, 2.45) is 10.9 Å². The molecule has 0 aromatic heterocycles. The molecule has 0 saturated heterocycles. The molecule has 6 N–H and O–H groups in total. The number of hydrazone groups is 1. The first-order chi connectivity index (χ1) is 15.2. The van der Waals surface area contributed by atoms with E-state index in [1.54, 1.807) is 12.1 Å². The van der Waals surface area contributed by atoms with Crippen LogP contribution in [0.5, 0.6) is 0 Å². The van der Waals surface area contributed by atoms with Gasteiger partial charge in [0.15, 0.2) is 6.10 Å². The number of hydrogen-bond acceptors (Lipinski definition) is 9. The average Bonchev–Trinajstić information content (AvgIpc) is 3.09. The Morgan fingerprint density at radius 2 is 2.00 bits per heavy atom. The maximum absolute atomic E-state index is 13.0. The van der Waals surface area contributed by atoms with Gasteiger partial charge in [0, 0.05) is 11.3 Å². The van der Waals surface area contributed by atoms with Crippen LogP contribution in [0.25, 0.3) is 0 Å². The minimum absolute atomic E-state index is 0.164. The van der Waals surface area contributed by atoms with Crippen molar-refractivity contribution in [1.29, 1.82) is 0 Å². The Morgan fingerprint density at radius 3 is 2.66 bits per heavy atom. The number of carbonyl (C=O) groups excluding carboxylic acids is 2. The van der Waals surface area contributed by atoms with Crippen molar-refractivity contribution < 1.29 is 19.5 Å². The van der Waals surface area contributed by atoms with Gasteiger partial charge in [-0.25, -0.2) is 10.6 Å². The molecule has 32 heavy (non-hydrogen) atoms. The van der Waals surface area contributed by atoms with Gasteiger partial charge in [-0.15, -0.1) is 0 Å². The summed E-state index contributed by atoms with van der Waals surface area (Å²) in [7, 11) is 0. The van der Waals surface area contributed by atoms with Crippen molar-refractivity contribution >= 4 is 63.8 Å². The summed E-state index contributed by atoms with van der Waals surface area (Å²) in [5.74, 6) is 3.52. The normalized spacial score (nSPS) is 16.2. The summed E-state index contributed by atoms with van der Waals surface area (Å²) in [4.78, 5) is 25.2. The van der Waals surface area contributed by atoms with E-state index in [-0.39, 0.29) is 32.0 Å². The molecule has 3 rings (SSSR count). The number of carbonyl (C=O) groups is 2. The molecule has 2 aromatic carbocycles. The number of amides is 1. The summed E-state index contributed by atoms with van der Waals surface area (Å²) in [5, 5.41) is 28.0. The predicted octanol–water partition coefficient (Wildman–Crippen LogP) is 2.10. The van der Waals surface area contributed by atoms with E-state index >= 15 is 0 Å². The van der Waals surface area contributed by atoms with Gasteiger partial charge < -0.3 is 20.5 Å². The molecule has 1 amide bonds. The average molecular weight is 498 g/mol. The fraction of sp³-hybridized carbons (Fsp3) is 0.111. The Labute approximate surface area is 196 Å². The third-order valence-corrected chi connectivity index (χ3v) is 5.29. The van der Waals surface area contributed by atoms with Crippen molar-refractivity contribution in [2.45, 2.75) is 12.1 Å². The molecular weight excluding hydrogens is 483 g/mol. The van der Waals surface area contributed by atoms with E-state index in [4.69, 9.17) is 46.0 Å². The van der Waals surface area contributed by atoms with Crippen molar-refractivity contribution in [2.75, 3.05) is 5.32 Å². The smallest absolute Gasteiger partial charge is 0.339 e. The highest BCUT2D eigenvalue weighted by molar-refractivity contribution is 7.80. The zero-order chi connectivity index (χ0) is 23.4. The first kappa shape index (κ1) is 23.8. The van der Waals surface area contributed by atoms with Gasteiger partial charge in [-0.2, -0.15) is 5.10 Å². The molecule has 1 aliphatic heterocycles. The van der Waals surface area contributed by atoms with Crippen LogP contribution in [0.15, 0.2) is 47.6 Å². The number of nitrogens with one attached hydrogen (secondary N) is 3. The largest absolute Gasteiger partial charge is 0.762 e. The number of benzene rings is 2. The van der Waals surface area contributed by atoms with E-state index in [0.717, 1.165) is 0 Å². The molecule has 0 spiro atoms. The lowest BCUT2D eigenvalue weighted by molar-refractivity contribution is -0.114. The maximum Gasteiger partial charge on any atom is 0.339 e. The zero-order valence-corrected chi connectivity index (χ0v) is 18.2. The summed E-state index contributed by atoms with van der Waals surface area (Å²) in [6.07, 6.45) is -1.35. The summed E-state index contributed by atoms with van der Waals surface area (Å²) in [6.45, 7) is 0. The molecular formula is C18H15Cl2N6O5S-. The standard InChI is InChI=1S/C18H15Cl2N6O5S/c19-11-6-5-8(7-12(11)20)22-16(27)13(24-25-18(32)23-21)14(26(29)30)15-9-3-1-2-4-10(9)17(28)31-15/h1-7,14-15,29H,21H2,(H,22,27)(H2,23,25,32)/q-1/b24-13+. The summed E-state index contributed by atoms with van der Waals surface area (Å²) < 4.78 is 5.26. The minimum Gasteiger partial charge on any atom is -0.762 e. The van der Waals surface area contributed by atoms with Crippen LogP contribution < -0.4 is 22.0 Å². The molecule has 0 radical (unpaired) electrons. The van der Waals surface area contributed by atoms with Crippen molar-refractivity contribution in [3.63, 3.8) is 0 Å². The topological polar surface area (TPSA) is 164 Å². The van der Waals surface area contributed by atoms with Gasteiger partial charge in [-0.1, -0.05) is 41.4 Å². The summed E-state index contributed by atoms with van der Waals surface area (Å²) in [6, 6.07) is 8.72. The van der Waals surface area contributed by atoms with Crippen molar-refractivity contribution in [3.8, 4) is 0 Å². The molecule has 11 nitrogen and oxygen atoms in total. The monoisotopic (exact) mass is 497 g/mol. The van der Waals surface area contributed by atoms with Crippen molar-refractivity contribution in [1.82, 2.24) is 16.1 Å². The molecule has 2 aromatic rings. The number of hydrazine groups is 1. The first-order valence-corrected chi connectivity index (χ1v) is 9.95. The van der Waals surface area contributed by atoms with E-state index in [0.29, 0.717) is 0 Å².